The van der Waals surface area contributed by atoms with Crippen molar-refractivity contribution in [3.05, 3.63) is 102 Å². The fourth-order valence-electron chi connectivity index (χ4n) is 4.38. The molecule has 1 aliphatic heterocycles. The monoisotopic (exact) mass is 381 g/mol. The molecule has 5 rings (SSSR count). The highest BCUT2D eigenvalue weighted by atomic mass is 16.2. The SMILES string of the molecule is O=C(CN1CCc2c([nH]c3ccccc23)C1c1ccccc1)Nc1ccccc1. The van der Waals surface area contributed by atoms with Gasteiger partial charge in [-0.05, 0) is 35.7 Å². The van der Waals surface area contributed by atoms with Gasteiger partial charge in [0.15, 0.2) is 0 Å². The molecule has 29 heavy (non-hydrogen) atoms. The van der Waals surface area contributed by atoms with E-state index < -0.39 is 0 Å². The van der Waals surface area contributed by atoms with Crippen LogP contribution in [0.15, 0.2) is 84.9 Å². The van der Waals surface area contributed by atoms with Gasteiger partial charge < -0.3 is 10.3 Å². The number of anilines is 1. The molecule has 4 aromatic rings. The van der Waals surface area contributed by atoms with Crippen molar-refractivity contribution in [2.24, 2.45) is 0 Å². The second-order valence-electron chi connectivity index (χ2n) is 7.51. The Labute approximate surface area is 170 Å². The summed E-state index contributed by atoms with van der Waals surface area (Å²) in [5.41, 5.74) is 5.77. The number of carbonyl (C=O) groups excluding carboxylic acids is 1. The first-order valence-corrected chi connectivity index (χ1v) is 10.0. The van der Waals surface area contributed by atoms with Gasteiger partial charge in [0, 0.05) is 28.8 Å². The number of rotatable bonds is 4. The number of para-hydroxylation sites is 2. The van der Waals surface area contributed by atoms with Crippen LogP contribution in [0.1, 0.15) is 22.9 Å². The Hall–Kier alpha value is -3.37. The first kappa shape index (κ1) is 17.7. The summed E-state index contributed by atoms with van der Waals surface area (Å²) >= 11 is 0. The highest BCUT2D eigenvalue weighted by Gasteiger charge is 2.32. The lowest BCUT2D eigenvalue weighted by Crippen LogP contribution is -2.41. The van der Waals surface area contributed by atoms with Crippen molar-refractivity contribution in [3.8, 4) is 0 Å². The van der Waals surface area contributed by atoms with E-state index in [0.717, 1.165) is 24.2 Å². The molecule has 1 aliphatic rings. The number of aromatic amines is 1. The largest absolute Gasteiger partial charge is 0.357 e. The van der Waals surface area contributed by atoms with Crippen molar-refractivity contribution in [2.45, 2.75) is 12.5 Å². The van der Waals surface area contributed by atoms with E-state index in [0.29, 0.717) is 6.54 Å². The summed E-state index contributed by atoms with van der Waals surface area (Å²) in [5, 5.41) is 4.31. The molecule has 0 bridgehead atoms. The fourth-order valence-corrected chi connectivity index (χ4v) is 4.38. The van der Waals surface area contributed by atoms with Crippen molar-refractivity contribution >= 4 is 22.5 Å². The summed E-state index contributed by atoms with van der Waals surface area (Å²) in [4.78, 5) is 18.7. The molecular formula is C25H23N3O. The molecule has 1 atom stereocenters. The Morgan fingerprint density at radius 3 is 2.41 bits per heavy atom. The maximum absolute atomic E-state index is 12.8. The van der Waals surface area contributed by atoms with Crippen molar-refractivity contribution in [1.29, 1.82) is 0 Å². The second kappa shape index (κ2) is 7.57. The van der Waals surface area contributed by atoms with E-state index in [1.165, 1.54) is 22.2 Å². The first-order chi connectivity index (χ1) is 14.3. The van der Waals surface area contributed by atoms with E-state index >= 15 is 0 Å². The number of carbonyl (C=O) groups is 1. The van der Waals surface area contributed by atoms with E-state index in [1.54, 1.807) is 0 Å². The Bertz CT molecular complexity index is 1130. The standard InChI is InChI=1S/C25H23N3O/c29-23(26-19-11-5-2-6-12-19)17-28-16-15-21-20-13-7-8-14-22(20)27-24(21)25(28)18-9-3-1-4-10-18/h1-14,25,27H,15-17H2,(H,26,29). The molecule has 4 nitrogen and oxygen atoms in total. The van der Waals surface area contributed by atoms with Crippen LogP contribution in [0.25, 0.3) is 10.9 Å². The number of nitrogens with one attached hydrogen (secondary N) is 2. The number of hydrogen-bond donors (Lipinski definition) is 2. The Morgan fingerprint density at radius 2 is 1.62 bits per heavy atom. The van der Waals surface area contributed by atoms with Gasteiger partial charge in [0.2, 0.25) is 5.91 Å². The summed E-state index contributed by atoms with van der Waals surface area (Å²) in [5.74, 6) is 0.0108. The molecule has 0 fully saturated rings. The molecule has 0 aliphatic carbocycles. The normalized spacial score (nSPS) is 16.5. The van der Waals surface area contributed by atoms with E-state index in [4.69, 9.17) is 0 Å². The third-order valence-electron chi connectivity index (χ3n) is 5.65. The van der Waals surface area contributed by atoms with Gasteiger partial charge in [-0.1, -0.05) is 66.7 Å². The average molecular weight is 381 g/mol. The minimum atomic E-state index is 0.0108. The van der Waals surface area contributed by atoms with Gasteiger partial charge in [-0.25, -0.2) is 0 Å². The molecule has 1 amide bonds. The predicted octanol–water partition coefficient (Wildman–Crippen LogP) is 4.75. The van der Waals surface area contributed by atoms with Crippen LogP contribution >= 0.6 is 0 Å². The highest BCUT2D eigenvalue weighted by molar-refractivity contribution is 5.92. The van der Waals surface area contributed by atoms with Crippen LogP contribution in [0.4, 0.5) is 5.69 Å². The number of hydrogen-bond acceptors (Lipinski definition) is 2. The maximum atomic E-state index is 12.8. The first-order valence-electron chi connectivity index (χ1n) is 10.0. The quantitative estimate of drug-likeness (QED) is 0.536. The molecule has 4 heteroatoms. The smallest absolute Gasteiger partial charge is 0.238 e. The van der Waals surface area contributed by atoms with Crippen LogP contribution < -0.4 is 5.32 Å². The third-order valence-corrected chi connectivity index (χ3v) is 5.65. The van der Waals surface area contributed by atoms with E-state index in [2.05, 4.69) is 63.7 Å². The van der Waals surface area contributed by atoms with Crippen molar-refractivity contribution in [1.82, 2.24) is 9.88 Å². The van der Waals surface area contributed by atoms with Gasteiger partial charge in [0.1, 0.15) is 0 Å². The van der Waals surface area contributed by atoms with Crippen molar-refractivity contribution in [2.75, 3.05) is 18.4 Å². The van der Waals surface area contributed by atoms with Gasteiger partial charge >= 0.3 is 0 Å². The molecule has 1 unspecified atom stereocenters. The van der Waals surface area contributed by atoms with Crippen LogP contribution in [-0.2, 0) is 11.2 Å². The zero-order chi connectivity index (χ0) is 19.6. The van der Waals surface area contributed by atoms with Crippen molar-refractivity contribution in [3.63, 3.8) is 0 Å². The number of H-pyrrole nitrogens is 1. The number of benzene rings is 3. The van der Waals surface area contributed by atoms with Crippen LogP contribution in [0, 0.1) is 0 Å². The maximum Gasteiger partial charge on any atom is 0.238 e. The number of fused-ring (bicyclic) bond motifs is 3. The third kappa shape index (κ3) is 3.43. The average Bonchev–Trinajstić information content (AvgIpc) is 3.13. The molecule has 3 aromatic carbocycles. The van der Waals surface area contributed by atoms with E-state index in [-0.39, 0.29) is 11.9 Å². The highest BCUT2D eigenvalue weighted by Crippen LogP contribution is 2.38. The number of nitrogens with zero attached hydrogens (tertiary/aromatic N) is 1. The van der Waals surface area contributed by atoms with Gasteiger partial charge in [-0.15, -0.1) is 0 Å². The summed E-state index contributed by atoms with van der Waals surface area (Å²) in [6.07, 6.45) is 0.932. The Balaban J connectivity index is 1.49. The predicted molar refractivity (Wildman–Crippen MR) is 117 cm³/mol. The van der Waals surface area contributed by atoms with E-state index in [1.807, 2.05) is 36.4 Å². The molecule has 0 saturated carbocycles. The van der Waals surface area contributed by atoms with Gasteiger partial charge in [0.05, 0.1) is 12.6 Å². The van der Waals surface area contributed by atoms with E-state index in [9.17, 15) is 4.79 Å². The van der Waals surface area contributed by atoms with Crippen LogP contribution in [0.3, 0.4) is 0 Å². The number of aromatic nitrogens is 1. The Morgan fingerprint density at radius 1 is 0.931 bits per heavy atom. The minimum absolute atomic E-state index is 0.0108. The summed E-state index contributed by atoms with van der Waals surface area (Å²) < 4.78 is 0. The molecule has 0 radical (unpaired) electrons. The van der Waals surface area contributed by atoms with Crippen LogP contribution in [0.5, 0.6) is 0 Å². The molecule has 1 aromatic heterocycles. The molecular weight excluding hydrogens is 358 g/mol. The lowest BCUT2D eigenvalue weighted by atomic mass is 9.92. The van der Waals surface area contributed by atoms with Gasteiger partial charge in [-0.2, -0.15) is 0 Å². The lowest BCUT2D eigenvalue weighted by Gasteiger charge is -2.35. The fraction of sp³-hybridized carbons (Fsp3) is 0.160. The lowest BCUT2D eigenvalue weighted by molar-refractivity contribution is -0.117. The van der Waals surface area contributed by atoms with Gasteiger partial charge in [-0.3, -0.25) is 9.69 Å². The zero-order valence-corrected chi connectivity index (χ0v) is 16.1. The van der Waals surface area contributed by atoms with Gasteiger partial charge in [0.25, 0.3) is 0 Å². The minimum Gasteiger partial charge on any atom is -0.357 e. The Kier molecular flexibility index (Phi) is 4.62. The van der Waals surface area contributed by atoms with Crippen molar-refractivity contribution < 1.29 is 4.79 Å². The molecule has 2 N–H and O–H groups in total. The summed E-state index contributed by atoms with van der Waals surface area (Å²) in [7, 11) is 0. The molecule has 144 valence electrons. The molecule has 2 heterocycles. The summed E-state index contributed by atoms with van der Waals surface area (Å²) in [6, 6.07) is 28.6. The molecule has 0 saturated heterocycles. The second-order valence-corrected chi connectivity index (χ2v) is 7.51. The topological polar surface area (TPSA) is 48.1 Å². The zero-order valence-electron chi connectivity index (χ0n) is 16.1. The summed E-state index contributed by atoms with van der Waals surface area (Å²) in [6.45, 7) is 1.19. The van der Waals surface area contributed by atoms with Crippen LogP contribution in [0.2, 0.25) is 0 Å². The number of amides is 1. The molecule has 0 spiro atoms. The van der Waals surface area contributed by atoms with Crippen LogP contribution in [-0.4, -0.2) is 28.9 Å².